The number of hydrogen-bond acceptors (Lipinski definition) is 6. The number of rotatable bonds is 8. The van der Waals surface area contributed by atoms with E-state index in [4.69, 9.17) is 23.9 Å². The van der Waals surface area contributed by atoms with Crippen LogP contribution in [0, 0.1) is 0 Å². The third-order valence-corrected chi connectivity index (χ3v) is 5.64. The number of H-pyrrole nitrogens is 1. The molecule has 0 atom stereocenters. The first-order valence-electron chi connectivity index (χ1n) is 10.9. The van der Waals surface area contributed by atoms with Gasteiger partial charge in [-0.1, -0.05) is 0 Å². The lowest BCUT2D eigenvalue weighted by Gasteiger charge is -2.08. The molecule has 0 saturated heterocycles. The first-order chi connectivity index (χ1) is 17.0. The molecular formula is C27H27N3O5. The summed E-state index contributed by atoms with van der Waals surface area (Å²) >= 11 is 0. The Morgan fingerprint density at radius 3 is 1.91 bits per heavy atom. The standard InChI is InChI=1S/C27H27N3O5/c1-17(28-23-16-22(34-4)14-15-24(23)35-5)25-26(18-6-10-20(32-2)11-7-18)29-30(27(25)31)19-8-12-21(33-3)13-9-19/h6-16,29H,1-5H3. The number of ether oxygens (including phenoxy) is 4. The Morgan fingerprint density at radius 2 is 1.34 bits per heavy atom. The van der Waals surface area contributed by atoms with Gasteiger partial charge >= 0.3 is 0 Å². The summed E-state index contributed by atoms with van der Waals surface area (Å²) < 4.78 is 22.8. The van der Waals surface area contributed by atoms with Crippen LogP contribution in [0.5, 0.6) is 23.0 Å². The van der Waals surface area contributed by atoms with Gasteiger partial charge < -0.3 is 18.9 Å². The van der Waals surface area contributed by atoms with E-state index >= 15 is 0 Å². The van der Waals surface area contributed by atoms with E-state index in [9.17, 15) is 4.79 Å². The van der Waals surface area contributed by atoms with Crippen LogP contribution in [0.1, 0.15) is 12.5 Å². The van der Waals surface area contributed by atoms with Crippen molar-refractivity contribution in [2.75, 3.05) is 28.4 Å². The highest BCUT2D eigenvalue weighted by atomic mass is 16.5. The van der Waals surface area contributed by atoms with Gasteiger partial charge in [0.05, 0.1) is 51.1 Å². The molecule has 0 fully saturated rings. The molecule has 4 aromatic rings. The second-order valence-corrected chi connectivity index (χ2v) is 7.66. The van der Waals surface area contributed by atoms with Gasteiger partial charge in [0.1, 0.15) is 28.7 Å². The van der Waals surface area contributed by atoms with Crippen molar-refractivity contribution in [1.29, 1.82) is 0 Å². The fourth-order valence-electron chi connectivity index (χ4n) is 3.77. The van der Waals surface area contributed by atoms with Crippen LogP contribution in [-0.4, -0.2) is 43.9 Å². The zero-order valence-corrected chi connectivity index (χ0v) is 20.3. The van der Waals surface area contributed by atoms with E-state index in [1.165, 1.54) is 4.68 Å². The summed E-state index contributed by atoms with van der Waals surface area (Å²) in [5.74, 6) is 2.63. The van der Waals surface area contributed by atoms with E-state index in [1.54, 1.807) is 65.7 Å². The lowest BCUT2D eigenvalue weighted by molar-refractivity contribution is 0.404. The molecule has 0 radical (unpaired) electrons. The summed E-state index contributed by atoms with van der Waals surface area (Å²) in [6.07, 6.45) is 0. The van der Waals surface area contributed by atoms with Crippen LogP contribution in [0.4, 0.5) is 5.69 Å². The van der Waals surface area contributed by atoms with Gasteiger partial charge in [-0.3, -0.25) is 9.89 Å². The van der Waals surface area contributed by atoms with Crippen LogP contribution >= 0.6 is 0 Å². The van der Waals surface area contributed by atoms with Crippen molar-refractivity contribution in [3.63, 3.8) is 0 Å². The average molecular weight is 474 g/mol. The summed E-state index contributed by atoms with van der Waals surface area (Å²) in [6.45, 7) is 1.80. The van der Waals surface area contributed by atoms with Crippen LogP contribution < -0.4 is 24.5 Å². The number of nitrogens with zero attached hydrogens (tertiary/aromatic N) is 2. The van der Waals surface area contributed by atoms with Crippen molar-refractivity contribution >= 4 is 11.4 Å². The van der Waals surface area contributed by atoms with Crippen LogP contribution in [0.3, 0.4) is 0 Å². The van der Waals surface area contributed by atoms with E-state index in [-0.39, 0.29) is 5.56 Å². The topological polar surface area (TPSA) is 87.1 Å². The highest BCUT2D eigenvalue weighted by Gasteiger charge is 2.20. The zero-order valence-electron chi connectivity index (χ0n) is 20.3. The molecular weight excluding hydrogens is 446 g/mol. The van der Waals surface area contributed by atoms with Gasteiger partial charge in [0.15, 0.2) is 0 Å². The molecule has 35 heavy (non-hydrogen) atoms. The Morgan fingerprint density at radius 1 is 0.771 bits per heavy atom. The van der Waals surface area contributed by atoms with Gasteiger partial charge in [0.2, 0.25) is 0 Å². The molecule has 0 unspecified atom stereocenters. The largest absolute Gasteiger partial charge is 0.497 e. The lowest BCUT2D eigenvalue weighted by Crippen LogP contribution is -2.19. The molecule has 0 aliphatic rings. The molecule has 0 aliphatic heterocycles. The first-order valence-corrected chi connectivity index (χ1v) is 10.9. The second-order valence-electron chi connectivity index (χ2n) is 7.66. The quantitative estimate of drug-likeness (QED) is 0.364. The summed E-state index contributed by atoms with van der Waals surface area (Å²) in [5, 5.41) is 3.26. The van der Waals surface area contributed by atoms with Gasteiger partial charge in [-0.05, 0) is 67.6 Å². The first kappa shape index (κ1) is 23.7. The van der Waals surface area contributed by atoms with Gasteiger partial charge in [0, 0.05) is 11.6 Å². The summed E-state index contributed by atoms with van der Waals surface area (Å²) in [5.41, 5.74) is 3.41. The van der Waals surface area contributed by atoms with Crippen LogP contribution in [0.25, 0.3) is 16.9 Å². The normalized spacial score (nSPS) is 11.3. The van der Waals surface area contributed by atoms with Crippen molar-refractivity contribution in [2.24, 2.45) is 4.99 Å². The molecule has 4 rings (SSSR count). The lowest BCUT2D eigenvalue weighted by atomic mass is 10.0. The predicted octanol–water partition coefficient (Wildman–Crippen LogP) is 5.01. The highest BCUT2D eigenvalue weighted by Crippen LogP contribution is 2.33. The maximum atomic E-state index is 13.7. The number of benzene rings is 3. The third-order valence-electron chi connectivity index (χ3n) is 5.64. The molecule has 180 valence electrons. The van der Waals surface area contributed by atoms with E-state index in [0.717, 1.165) is 11.3 Å². The van der Waals surface area contributed by atoms with Gasteiger partial charge in [0.25, 0.3) is 5.56 Å². The minimum atomic E-state index is -0.232. The number of aliphatic imine (C=N–C) groups is 1. The van der Waals surface area contributed by atoms with Crippen molar-refractivity contribution in [1.82, 2.24) is 9.78 Å². The molecule has 3 aromatic carbocycles. The van der Waals surface area contributed by atoms with Crippen molar-refractivity contribution in [3.05, 3.63) is 82.6 Å². The van der Waals surface area contributed by atoms with Crippen molar-refractivity contribution < 1.29 is 18.9 Å². The number of hydrogen-bond donors (Lipinski definition) is 1. The van der Waals surface area contributed by atoms with Crippen LogP contribution in [0.15, 0.2) is 76.5 Å². The maximum Gasteiger partial charge on any atom is 0.280 e. The number of aromatic nitrogens is 2. The number of aromatic amines is 1. The minimum Gasteiger partial charge on any atom is -0.497 e. The van der Waals surface area contributed by atoms with Crippen molar-refractivity contribution in [2.45, 2.75) is 6.92 Å². The summed E-state index contributed by atoms with van der Waals surface area (Å²) in [7, 11) is 6.37. The Labute approximate surface area is 203 Å². The van der Waals surface area contributed by atoms with Gasteiger partial charge in [-0.2, -0.15) is 0 Å². The number of methoxy groups -OCH3 is 4. The molecule has 1 N–H and O–H groups in total. The summed E-state index contributed by atoms with van der Waals surface area (Å²) in [6, 6.07) is 20.1. The monoisotopic (exact) mass is 473 g/mol. The minimum absolute atomic E-state index is 0.232. The highest BCUT2D eigenvalue weighted by molar-refractivity contribution is 6.05. The Bertz CT molecular complexity index is 1400. The molecule has 8 nitrogen and oxygen atoms in total. The van der Waals surface area contributed by atoms with E-state index in [0.29, 0.717) is 45.6 Å². The van der Waals surface area contributed by atoms with Gasteiger partial charge in [-0.25, -0.2) is 9.67 Å². The fraction of sp³-hybridized carbons (Fsp3) is 0.185. The number of nitrogens with one attached hydrogen (secondary N) is 1. The molecule has 0 bridgehead atoms. The summed E-state index contributed by atoms with van der Waals surface area (Å²) in [4.78, 5) is 18.4. The zero-order chi connectivity index (χ0) is 24.9. The smallest absolute Gasteiger partial charge is 0.280 e. The average Bonchev–Trinajstić information content (AvgIpc) is 3.25. The molecule has 0 amide bonds. The molecule has 1 aromatic heterocycles. The molecule has 8 heteroatoms. The Hall–Kier alpha value is -4.46. The molecule has 0 aliphatic carbocycles. The fourth-order valence-corrected chi connectivity index (χ4v) is 3.77. The molecule has 0 spiro atoms. The predicted molar refractivity (Wildman–Crippen MR) is 136 cm³/mol. The second kappa shape index (κ2) is 10.2. The Balaban J connectivity index is 1.91. The Kier molecular flexibility index (Phi) is 6.91. The van der Waals surface area contributed by atoms with Crippen LogP contribution in [0.2, 0.25) is 0 Å². The van der Waals surface area contributed by atoms with Crippen molar-refractivity contribution in [3.8, 4) is 39.9 Å². The van der Waals surface area contributed by atoms with E-state index < -0.39 is 0 Å². The van der Waals surface area contributed by atoms with Crippen LogP contribution in [-0.2, 0) is 0 Å². The van der Waals surface area contributed by atoms with Gasteiger partial charge in [-0.15, -0.1) is 0 Å². The molecule has 1 heterocycles. The van der Waals surface area contributed by atoms with E-state index in [2.05, 4.69) is 5.10 Å². The SMILES string of the molecule is COc1ccc(-c2[nH]n(-c3ccc(OC)cc3)c(=O)c2C(C)=Nc2cc(OC)ccc2OC)cc1. The molecule has 0 saturated carbocycles. The van der Waals surface area contributed by atoms with E-state index in [1.807, 2.05) is 36.4 Å². The third kappa shape index (κ3) is 4.77. The maximum absolute atomic E-state index is 13.7.